The van der Waals surface area contributed by atoms with Gasteiger partial charge < -0.3 is 15.5 Å². The number of benzene rings is 2. The number of H-pyrrole nitrogens is 1. The number of primary amides is 1. The lowest BCUT2D eigenvalue weighted by atomic mass is 10.0. The van der Waals surface area contributed by atoms with Gasteiger partial charge in [0, 0.05) is 26.9 Å². The van der Waals surface area contributed by atoms with E-state index in [4.69, 9.17) is 10.5 Å². The Bertz CT molecular complexity index is 1180. The standard InChI is InChI=1S/C21H23BrN4O5S2/c1-21(2,32-12-15-11-24-13-25-15)19(20(23)27)26(28)33(29,30)18-9-7-17(8-10-18)31-16-5-3-14(22)4-6-16/h3-11,13,19,28H,12H2,1-2H3,(H2,23,27)(H,24,25)/t19-/m0/s1. The number of nitrogens with zero attached hydrogens (tertiary/aromatic N) is 2. The van der Waals surface area contributed by atoms with Gasteiger partial charge in [0.25, 0.3) is 10.0 Å². The number of imidazole rings is 1. The van der Waals surface area contributed by atoms with Crippen LogP contribution in [0.15, 0.2) is 70.4 Å². The molecule has 1 aromatic heterocycles. The minimum absolute atomic E-state index is 0.0415. The summed E-state index contributed by atoms with van der Waals surface area (Å²) < 4.78 is 31.7. The number of sulfonamides is 1. The van der Waals surface area contributed by atoms with Crippen molar-refractivity contribution in [3.05, 3.63) is 71.2 Å². The van der Waals surface area contributed by atoms with E-state index in [2.05, 4.69) is 25.9 Å². The van der Waals surface area contributed by atoms with Crippen LogP contribution in [0.1, 0.15) is 19.5 Å². The molecule has 176 valence electrons. The number of carbonyl (C=O) groups is 1. The third-order valence-corrected chi connectivity index (χ3v) is 8.24. The predicted molar refractivity (Wildman–Crippen MR) is 128 cm³/mol. The molecule has 0 aliphatic heterocycles. The van der Waals surface area contributed by atoms with Crippen molar-refractivity contribution in [3.8, 4) is 11.5 Å². The van der Waals surface area contributed by atoms with Crippen molar-refractivity contribution < 1.29 is 23.2 Å². The molecular weight excluding hydrogens is 532 g/mol. The number of halogens is 1. The fourth-order valence-corrected chi connectivity index (χ4v) is 5.72. The lowest BCUT2D eigenvalue weighted by Crippen LogP contribution is -2.55. The summed E-state index contributed by atoms with van der Waals surface area (Å²) in [6, 6.07) is 11.1. The molecule has 1 amide bonds. The van der Waals surface area contributed by atoms with E-state index < -0.39 is 26.7 Å². The van der Waals surface area contributed by atoms with E-state index in [1.54, 1.807) is 32.2 Å². The van der Waals surface area contributed by atoms with Gasteiger partial charge in [0.15, 0.2) is 0 Å². The first-order chi connectivity index (χ1) is 15.5. The van der Waals surface area contributed by atoms with E-state index in [1.807, 2.05) is 12.1 Å². The molecule has 3 aromatic rings. The summed E-state index contributed by atoms with van der Waals surface area (Å²) in [6.07, 6.45) is 3.13. The first-order valence-corrected chi connectivity index (χ1v) is 12.9. The van der Waals surface area contributed by atoms with Crippen molar-refractivity contribution in [1.29, 1.82) is 0 Å². The predicted octanol–water partition coefficient (Wildman–Crippen LogP) is 3.91. The number of carbonyl (C=O) groups excluding carboxylic acids is 1. The molecule has 3 rings (SSSR count). The van der Waals surface area contributed by atoms with E-state index in [9.17, 15) is 18.4 Å². The van der Waals surface area contributed by atoms with Crippen molar-refractivity contribution in [2.45, 2.75) is 35.3 Å². The average Bonchev–Trinajstić information content (AvgIpc) is 3.28. The Labute approximate surface area is 204 Å². The summed E-state index contributed by atoms with van der Waals surface area (Å²) >= 11 is 4.60. The summed E-state index contributed by atoms with van der Waals surface area (Å²) in [6.45, 7) is 3.27. The van der Waals surface area contributed by atoms with Crippen LogP contribution in [-0.2, 0) is 20.6 Å². The van der Waals surface area contributed by atoms with Crippen LogP contribution in [0.3, 0.4) is 0 Å². The molecule has 33 heavy (non-hydrogen) atoms. The van der Waals surface area contributed by atoms with E-state index in [-0.39, 0.29) is 9.36 Å². The van der Waals surface area contributed by atoms with Crippen LogP contribution < -0.4 is 10.5 Å². The molecule has 0 aliphatic rings. The number of ether oxygens (including phenoxy) is 1. The molecule has 0 spiro atoms. The number of nitrogens with two attached hydrogens (primary N) is 1. The van der Waals surface area contributed by atoms with E-state index in [0.717, 1.165) is 10.2 Å². The number of hydroxylamine groups is 1. The van der Waals surface area contributed by atoms with Crippen LogP contribution in [0.5, 0.6) is 11.5 Å². The average molecular weight is 555 g/mol. The molecule has 0 aliphatic carbocycles. The molecular formula is C21H23BrN4O5S2. The smallest absolute Gasteiger partial charge is 0.265 e. The van der Waals surface area contributed by atoms with Crippen LogP contribution in [-0.4, -0.2) is 44.8 Å². The van der Waals surface area contributed by atoms with Gasteiger partial charge in [-0.3, -0.25) is 10.0 Å². The number of amides is 1. The quantitative estimate of drug-likeness (QED) is 0.323. The minimum atomic E-state index is -4.44. The fraction of sp³-hybridized carbons (Fsp3) is 0.238. The number of hydrogen-bond acceptors (Lipinski definition) is 7. The number of aromatic amines is 1. The van der Waals surface area contributed by atoms with Gasteiger partial charge in [0.05, 0.1) is 11.2 Å². The van der Waals surface area contributed by atoms with Crippen LogP contribution in [0.2, 0.25) is 0 Å². The van der Waals surface area contributed by atoms with Crippen LogP contribution in [0, 0.1) is 0 Å². The maximum absolute atomic E-state index is 13.1. The first kappa shape index (κ1) is 25.2. The second-order valence-electron chi connectivity index (χ2n) is 7.58. The molecule has 0 radical (unpaired) electrons. The molecule has 0 saturated carbocycles. The van der Waals surface area contributed by atoms with Crippen LogP contribution in [0.25, 0.3) is 0 Å². The normalized spacial score (nSPS) is 13.1. The fourth-order valence-electron chi connectivity index (χ4n) is 2.99. The summed E-state index contributed by atoms with van der Waals surface area (Å²) in [7, 11) is -4.44. The van der Waals surface area contributed by atoms with Crippen LogP contribution in [0.4, 0.5) is 0 Å². The second-order valence-corrected chi connectivity index (χ2v) is 11.9. The second kappa shape index (κ2) is 10.3. The molecule has 12 heteroatoms. The van der Waals surface area contributed by atoms with Gasteiger partial charge in [-0.15, -0.1) is 11.8 Å². The number of rotatable bonds is 10. The monoisotopic (exact) mass is 554 g/mol. The van der Waals surface area contributed by atoms with E-state index in [0.29, 0.717) is 17.3 Å². The molecule has 2 aromatic carbocycles. The summed E-state index contributed by atoms with van der Waals surface area (Å²) in [5, 5.41) is 10.7. The molecule has 4 N–H and O–H groups in total. The molecule has 0 unspecified atom stereocenters. The maximum atomic E-state index is 13.1. The van der Waals surface area contributed by atoms with Gasteiger partial charge in [-0.05, 0) is 62.4 Å². The van der Waals surface area contributed by atoms with E-state index in [1.165, 1.54) is 42.4 Å². The largest absolute Gasteiger partial charge is 0.457 e. The van der Waals surface area contributed by atoms with Gasteiger partial charge in [-0.1, -0.05) is 20.4 Å². The number of hydrogen-bond donors (Lipinski definition) is 3. The molecule has 0 saturated heterocycles. The van der Waals surface area contributed by atoms with Crippen molar-refractivity contribution in [2.75, 3.05) is 0 Å². The zero-order valence-electron chi connectivity index (χ0n) is 17.8. The minimum Gasteiger partial charge on any atom is -0.457 e. The summed E-state index contributed by atoms with van der Waals surface area (Å²) in [5.74, 6) is 0.413. The number of nitrogens with one attached hydrogen (secondary N) is 1. The Morgan fingerprint density at radius 3 is 2.30 bits per heavy atom. The van der Waals surface area contributed by atoms with E-state index >= 15 is 0 Å². The van der Waals surface area contributed by atoms with Crippen molar-refractivity contribution >= 4 is 43.6 Å². The molecule has 0 fully saturated rings. The molecule has 1 atom stereocenters. The van der Waals surface area contributed by atoms with Crippen LogP contribution >= 0.6 is 27.7 Å². The third-order valence-electron chi connectivity index (χ3n) is 4.72. The SMILES string of the molecule is CC(C)(SCc1cnc[nH]1)[C@H](C(N)=O)N(O)S(=O)(=O)c1ccc(Oc2ccc(Br)cc2)cc1. The Morgan fingerprint density at radius 2 is 1.79 bits per heavy atom. The molecule has 1 heterocycles. The van der Waals surface area contributed by atoms with Crippen molar-refractivity contribution in [1.82, 2.24) is 14.4 Å². The highest BCUT2D eigenvalue weighted by Gasteiger charge is 2.44. The zero-order valence-corrected chi connectivity index (χ0v) is 21.0. The lowest BCUT2D eigenvalue weighted by Gasteiger charge is -2.35. The Morgan fingerprint density at radius 1 is 1.21 bits per heavy atom. The highest BCUT2D eigenvalue weighted by molar-refractivity contribution is 9.10. The summed E-state index contributed by atoms with van der Waals surface area (Å²) in [5.41, 5.74) is 6.29. The third kappa shape index (κ3) is 6.15. The number of aromatic nitrogens is 2. The molecule has 9 nitrogen and oxygen atoms in total. The topological polar surface area (TPSA) is 139 Å². The van der Waals surface area contributed by atoms with Crippen molar-refractivity contribution in [2.24, 2.45) is 5.73 Å². The highest BCUT2D eigenvalue weighted by Crippen LogP contribution is 2.35. The summed E-state index contributed by atoms with van der Waals surface area (Å²) in [4.78, 5) is 18.9. The van der Waals surface area contributed by atoms with Gasteiger partial charge in [-0.2, -0.15) is 0 Å². The van der Waals surface area contributed by atoms with Crippen molar-refractivity contribution in [3.63, 3.8) is 0 Å². The van der Waals surface area contributed by atoms with Gasteiger partial charge in [0.1, 0.15) is 17.5 Å². The van der Waals surface area contributed by atoms with Gasteiger partial charge in [-0.25, -0.2) is 13.4 Å². The number of thioether (sulfide) groups is 1. The Balaban J connectivity index is 1.78. The first-order valence-electron chi connectivity index (χ1n) is 9.68. The Hall–Kier alpha value is -2.38. The zero-order chi connectivity index (χ0) is 24.2. The Kier molecular flexibility index (Phi) is 7.85. The molecule has 0 bridgehead atoms. The van der Waals surface area contributed by atoms with Gasteiger partial charge in [0.2, 0.25) is 5.91 Å². The van der Waals surface area contributed by atoms with Gasteiger partial charge >= 0.3 is 0 Å². The lowest BCUT2D eigenvalue weighted by molar-refractivity contribution is -0.132. The maximum Gasteiger partial charge on any atom is 0.265 e. The highest BCUT2D eigenvalue weighted by atomic mass is 79.9.